The van der Waals surface area contributed by atoms with Crippen LogP contribution in [0.25, 0.3) is 0 Å². The maximum atomic E-state index is 13.0. The molecule has 4 atom stereocenters. The van der Waals surface area contributed by atoms with Crippen LogP contribution in [-0.4, -0.2) is 87.2 Å². The van der Waals surface area contributed by atoms with Crippen LogP contribution in [0.2, 0.25) is 0 Å². The number of likely N-dealkylation sites (tertiary alicyclic amines) is 1. The van der Waals surface area contributed by atoms with Crippen molar-refractivity contribution in [3.05, 3.63) is 35.9 Å². The number of amides is 3. The number of nitrogens with two attached hydrogens (primary N) is 1. The van der Waals surface area contributed by atoms with E-state index in [0.29, 0.717) is 12.0 Å². The van der Waals surface area contributed by atoms with Gasteiger partial charge >= 0.3 is 11.9 Å². The van der Waals surface area contributed by atoms with E-state index in [1.165, 1.54) is 0 Å². The summed E-state index contributed by atoms with van der Waals surface area (Å²) in [7, 11) is 0. The quantitative estimate of drug-likeness (QED) is 0.206. The molecule has 1 fully saturated rings. The zero-order valence-electron chi connectivity index (χ0n) is 18.6. The van der Waals surface area contributed by atoms with Crippen LogP contribution in [0, 0.1) is 0 Å². The van der Waals surface area contributed by atoms with E-state index in [1.807, 2.05) is 0 Å². The number of aliphatic carboxylic acids is 2. The number of hydrogen-bond donors (Lipinski definition) is 6. The molecule has 1 saturated heterocycles. The third-order valence-electron chi connectivity index (χ3n) is 5.54. The fraction of sp³-hybridized carbons (Fsp3) is 0.500. The van der Waals surface area contributed by atoms with E-state index in [1.54, 1.807) is 30.3 Å². The van der Waals surface area contributed by atoms with Crippen molar-refractivity contribution in [2.45, 2.75) is 56.3 Å². The predicted octanol–water partition coefficient (Wildman–Crippen LogP) is -1.54. The van der Waals surface area contributed by atoms with Crippen LogP contribution in [0.4, 0.5) is 0 Å². The SMILES string of the molecule is NC(CCC(=O)O)C(=O)NC(Cc1ccccc1)C(=O)NC(CO)C(=O)N1CCCC1C(=O)O. The van der Waals surface area contributed by atoms with Crippen LogP contribution < -0.4 is 16.4 Å². The molecule has 7 N–H and O–H groups in total. The molecule has 0 radical (unpaired) electrons. The van der Waals surface area contributed by atoms with Crippen molar-refractivity contribution in [3.63, 3.8) is 0 Å². The third-order valence-corrected chi connectivity index (χ3v) is 5.54. The Bertz CT molecular complexity index is 894. The Morgan fingerprint density at radius 1 is 1.03 bits per heavy atom. The number of aliphatic hydroxyl groups is 1. The molecule has 186 valence electrons. The van der Waals surface area contributed by atoms with Crippen LogP contribution in [0.3, 0.4) is 0 Å². The Hall–Kier alpha value is -3.51. The smallest absolute Gasteiger partial charge is 0.326 e. The van der Waals surface area contributed by atoms with Crippen molar-refractivity contribution in [3.8, 4) is 0 Å². The molecule has 2 rings (SSSR count). The molecule has 3 amide bonds. The molecule has 0 bridgehead atoms. The van der Waals surface area contributed by atoms with Crippen LogP contribution >= 0.6 is 0 Å². The number of carbonyl (C=O) groups excluding carboxylic acids is 3. The van der Waals surface area contributed by atoms with Gasteiger partial charge in [-0.2, -0.15) is 0 Å². The lowest BCUT2D eigenvalue weighted by atomic mass is 10.0. The number of aliphatic hydroxyl groups excluding tert-OH is 1. The molecule has 1 aliphatic heterocycles. The highest BCUT2D eigenvalue weighted by atomic mass is 16.4. The van der Waals surface area contributed by atoms with E-state index in [-0.39, 0.29) is 32.2 Å². The Morgan fingerprint density at radius 3 is 2.26 bits per heavy atom. The molecule has 12 nitrogen and oxygen atoms in total. The van der Waals surface area contributed by atoms with Crippen LogP contribution in [0.15, 0.2) is 30.3 Å². The largest absolute Gasteiger partial charge is 0.481 e. The second kappa shape index (κ2) is 12.7. The molecule has 1 aromatic rings. The molecule has 0 aromatic heterocycles. The first-order chi connectivity index (χ1) is 16.1. The fourth-order valence-electron chi connectivity index (χ4n) is 3.69. The minimum atomic E-state index is -1.40. The molecule has 0 saturated carbocycles. The van der Waals surface area contributed by atoms with E-state index < -0.39 is 60.4 Å². The van der Waals surface area contributed by atoms with Gasteiger partial charge in [0.15, 0.2) is 0 Å². The number of carboxylic acids is 2. The Labute approximate surface area is 196 Å². The van der Waals surface area contributed by atoms with Gasteiger partial charge in [0.2, 0.25) is 17.7 Å². The van der Waals surface area contributed by atoms with Crippen molar-refractivity contribution in [1.29, 1.82) is 0 Å². The average Bonchev–Trinajstić information content (AvgIpc) is 3.31. The van der Waals surface area contributed by atoms with Crippen molar-refractivity contribution in [2.75, 3.05) is 13.2 Å². The number of carbonyl (C=O) groups is 5. The summed E-state index contributed by atoms with van der Waals surface area (Å²) in [6.45, 7) is -0.581. The summed E-state index contributed by atoms with van der Waals surface area (Å²) in [4.78, 5) is 61.6. The molecular formula is C22H30N4O8. The zero-order valence-corrected chi connectivity index (χ0v) is 18.6. The van der Waals surface area contributed by atoms with Gasteiger partial charge in [-0.25, -0.2) is 4.79 Å². The van der Waals surface area contributed by atoms with E-state index in [0.717, 1.165) is 4.90 Å². The number of carboxylic acid groups (broad SMARTS) is 2. The molecule has 1 aliphatic rings. The Morgan fingerprint density at radius 2 is 1.68 bits per heavy atom. The van der Waals surface area contributed by atoms with Gasteiger partial charge in [0.25, 0.3) is 0 Å². The van der Waals surface area contributed by atoms with E-state index in [9.17, 15) is 34.2 Å². The lowest BCUT2D eigenvalue weighted by molar-refractivity contribution is -0.150. The van der Waals surface area contributed by atoms with Gasteiger partial charge in [0.1, 0.15) is 18.1 Å². The van der Waals surface area contributed by atoms with E-state index >= 15 is 0 Å². The van der Waals surface area contributed by atoms with Gasteiger partial charge in [-0.15, -0.1) is 0 Å². The summed E-state index contributed by atoms with van der Waals surface area (Å²) in [5.74, 6) is -4.54. The molecular weight excluding hydrogens is 448 g/mol. The number of nitrogens with one attached hydrogen (secondary N) is 2. The second-order valence-corrected chi connectivity index (χ2v) is 8.06. The highest BCUT2D eigenvalue weighted by Crippen LogP contribution is 2.18. The van der Waals surface area contributed by atoms with Crippen molar-refractivity contribution < 1.29 is 39.3 Å². The second-order valence-electron chi connectivity index (χ2n) is 8.06. The monoisotopic (exact) mass is 478 g/mol. The summed E-state index contributed by atoms with van der Waals surface area (Å²) in [5, 5.41) is 32.7. The van der Waals surface area contributed by atoms with Gasteiger partial charge in [-0.05, 0) is 24.8 Å². The highest BCUT2D eigenvalue weighted by molar-refractivity contribution is 5.94. The maximum absolute atomic E-state index is 13.0. The van der Waals surface area contributed by atoms with E-state index in [2.05, 4.69) is 10.6 Å². The van der Waals surface area contributed by atoms with Gasteiger partial charge in [-0.3, -0.25) is 19.2 Å². The first-order valence-electron chi connectivity index (χ1n) is 10.9. The lowest BCUT2D eigenvalue weighted by Crippen LogP contribution is -2.58. The molecule has 1 heterocycles. The average molecular weight is 479 g/mol. The maximum Gasteiger partial charge on any atom is 0.326 e. The van der Waals surface area contributed by atoms with Crippen molar-refractivity contribution >= 4 is 29.7 Å². The van der Waals surface area contributed by atoms with Crippen LogP contribution in [0.5, 0.6) is 0 Å². The Kier molecular flexibility index (Phi) is 9.95. The van der Waals surface area contributed by atoms with Crippen molar-refractivity contribution in [1.82, 2.24) is 15.5 Å². The summed E-state index contributed by atoms with van der Waals surface area (Å²) >= 11 is 0. The van der Waals surface area contributed by atoms with Crippen LogP contribution in [0.1, 0.15) is 31.2 Å². The van der Waals surface area contributed by atoms with Gasteiger partial charge in [-0.1, -0.05) is 30.3 Å². The Balaban J connectivity index is 2.14. The van der Waals surface area contributed by atoms with E-state index in [4.69, 9.17) is 10.8 Å². The summed E-state index contributed by atoms with van der Waals surface area (Å²) in [6, 6.07) is 3.93. The molecule has 4 unspecified atom stereocenters. The molecule has 0 spiro atoms. The number of nitrogens with zero attached hydrogens (tertiary/aromatic N) is 1. The zero-order chi connectivity index (χ0) is 25.3. The first-order valence-corrected chi connectivity index (χ1v) is 10.9. The van der Waals surface area contributed by atoms with Gasteiger partial charge in [0.05, 0.1) is 12.6 Å². The third kappa shape index (κ3) is 7.52. The highest BCUT2D eigenvalue weighted by Gasteiger charge is 2.38. The first kappa shape index (κ1) is 26.7. The molecule has 0 aliphatic carbocycles. The minimum absolute atomic E-state index is 0.0396. The topological polar surface area (TPSA) is 199 Å². The lowest BCUT2D eigenvalue weighted by Gasteiger charge is -2.28. The normalized spacial score (nSPS) is 17.9. The fourth-order valence-corrected chi connectivity index (χ4v) is 3.69. The summed E-state index contributed by atoms with van der Waals surface area (Å²) < 4.78 is 0. The molecule has 12 heteroatoms. The summed E-state index contributed by atoms with van der Waals surface area (Å²) in [6.07, 6.45) is 0.331. The van der Waals surface area contributed by atoms with Gasteiger partial charge in [0, 0.05) is 19.4 Å². The number of rotatable bonds is 12. The number of hydrogen-bond acceptors (Lipinski definition) is 7. The minimum Gasteiger partial charge on any atom is -0.481 e. The number of benzene rings is 1. The molecule has 1 aromatic carbocycles. The van der Waals surface area contributed by atoms with Crippen molar-refractivity contribution in [2.24, 2.45) is 5.73 Å². The van der Waals surface area contributed by atoms with Gasteiger partial charge < -0.3 is 36.6 Å². The van der Waals surface area contributed by atoms with Crippen LogP contribution in [-0.2, 0) is 30.4 Å². The summed E-state index contributed by atoms with van der Waals surface area (Å²) in [5.41, 5.74) is 6.44. The standard InChI is InChI=1S/C22H30N4O8/c23-14(8-9-18(28)29)19(30)24-15(11-13-5-2-1-3-6-13)20(31)25-16(12-27)21(32)26-10-4-7-17(26)22(33)34/h1-3,5-6,14-17,27H,4,7-12,23H2,(H,24,30)(H,25,31)(H,28,29)(H,33,34). The predicted molar refractivity (Wildman–Crippen MR) is 118 cm³/mol. The molecule has 34 heavy (non-hydrogen) atoms.